The fourth-order valence-corrected chi connectivity index (χ4v) is 1.49. The molecule has 19 heavy (non-hydrogen) atoms. The normalized spacial score (nSPS) is 12.1. The molecule has 0 aromatic heterocycles. The van der Waals surface area contributed by atoms with Crippen LogP contribution in [0.2, 0.25) is 0 Å². The van der Waals surface area contributed by atoms with Crippen molar-refractivity contribution >= 4 is 5.97 Å². The summed E-state index contributed by atoms with van der Waals surface area (Å²) in [6, 6.07) is 3.67. The monoisotopic (exact) mass is 275 g/mol. The van der Waals surface area contributed by atoms with E-state index in [-0.39, 0.29) is 17.9 Å². The lowest BCUT2D eigenvalue weighted by molar-refractivity contribution is -0.141. The van der Waals surface area contributed by atoms with Gasteiger partial charge in [0, 0.05) is 6.04 Å². The molecule has 0 aliphatic heterocycles. The molecule has 0 spiro atoms. The summed E-state index contributed by atoms with van der Waals surface area (Å²) in [6.07, 6.45) is -0.0586. The van der Waals surface area contributed by atoms with Crippen molar-refractivity contribution in [2.75, 3.05) is 14.2 Å². The first-order valence-electron chi connectivity index (χ1n) is 5.43. The maximum atomic E-state index is 12.3. The number of alkyl halides is 2. The van der Waals surface area contributed by atoms with E-state index in [2.05, 4.69) is 9.47 Å². The molecule has 1 rings (SSSR count). The van der Waals surface area contributed by atoms with E-state index in [9.17, 15) is 13.6 Å². The molecule has 0 amide bonds. The third-order valence-corrected chi connectivity index (χ3v) is 2.45. The summed E-state index contributed by atoms with van der Waals surface area (Å²) in [7, 11) is 2.58. The Balaban J connectivity index is 2.93. The number of methoxy groups -OCH3 is 2. The Labute approximate surface area is 109 Å². The summed E-state index contributed by atoms with van der Waals surface area (Å²) in [5.41, 5.74) is 6.25. The minimum absolute atomic E-state index is 0.0586. The first kappa shape index (κ1) is 15.2. The van der Waals surface area contributed by atoms with Gasteiger partial charge in [-0.05, 0) is 17.7 Å². The van der Waals surface area contributed by atoms with Gasteiger partial charge in [0.25, 0.3) is 0 Å². The molecule has 7 heteroatoms. The Morgan fingerprint density at radius 2 is 2.00 bits per heavy atom. The molecule has 0 saturated carbocycles. The number of ether oxygens (including phenoxy) is 3. The number of carbonyl (C=O) groups is 1. The fraction of sp³-hybridized carbons (Fsp3) is 0.417. The van der Waals surface area contributed by atoms with Crippen LogP contribution in [0.5, 0.6) is 11.5 Å². The summed E-state index contributed by atoms with van der Waals surface area (Å²) >= 11 is 0. The number of esters is 1. The number of carbonyl (C=O) groups excluding carboxylic acids is 1. The van der Waals surface area contributed by atoms with Crippen LogP contribution in [0, 0.1) is 0 Å². The van der Waals surface area contributed by atoms with Crippen LogP contribution in [-0.4, -0.2) is 26.8 Å². The van der Waals surface area contributed by atoms with Crippen molar-refractivity contribution < 1.29 is 27.8 Å². The summed E-state index contributed by atoms with van der Waals surface area (Å²) in [5.74, 6) is -0.454. The molecule has 0 bridgehead atoms. The third-order valence-electron chi connectivity index (χ3n) is 2.45. The molecule has 1 atom stereocenters. The van der Waals surface area contributed by atoms with Gasteiger partial charge in [0.2, 0.25) is 0 Å². The largest absolute Gasteiger partial charge is 0.493 e. The first-order chi connectivity index (χ1) is 8.97. The molecular weight excluding hydrogens is 260 g/mol. The van der Waals surface area contributed by atoms with Gasteiger partial charge in [-0.1, -0.05) is 6.07 Å². The summed E-state index contributed by atoms with van der Waals surface area (Å²) in [5, 5.41) is 0. The average Bonchev–Trinajstić information content (AvgIpc) is 2.37. The molecule has 0 fully saturated rings. The second kappa shape index (κ2) is 6.89. The molecule has 0 radical (unpaired) electrons. The van der Waals surface area contributed by atoms with Crippen molar-refractivity contribution in [3.8, 4) is 11.5 Å². The lowest BCUT2D eigenvalue weighted by atomic mass is 10.0. The Kier molecular flexibility index (Phi) is 5.50. The van der Waals surface area contributed by atoms with E-state index in [1.807, 2.05) is 0 Å². The molecule has 1 aromatic rings. The first-order valence-corrected chi connectivity index (χ1v) is 5.43. The van der Waals surface area contributed by atoms with E-state index >= 15 is 0 Å². The molecule has 1 aromatic carbocycles. The maximum Gasteiger partial charge on any atom is 0.387 e. The molecule has 0 heterocycles. The van der Waals surface area contributed by atoms with Gasteiger partial charge in [-0.15, -0.1) is 0 Å². The Morgan fingerprint density at radius 3 is 2.53 bits per heavy atom. The second-order valence-corrected chi connectivity index (χ2v) is 3.68. The highest BCUT2D eigenvalue weighted by Gasteiger charge is 2.16. The molecule has 106 valence electrons. The number of rotatable bonds is 6. The number of halogens is 2. The summed E-state index contributed by atoms with van der Waals surface area (Å²) < 4.78 is 38.2. The van der Waals surface area contributed by atoms with Crippen molar-refractivity contribution in [3.63, 3.8) is 0 Å². The van der Waals surface area contributed by atoms with Crippen LogP contribution in [0.4, 0.5) is 8.78 Å². The van der Waals surface area contributed by atoms with Gasteiger partial charge in [0.1, 0.15) is 0 Å². The highest BCUT2D eigenvalue weighted by atomic mass is 19.3. The standard InChI is InChI=1S/C12H15F2NO4/c1-17-9-4-3-7(5-10(9)19-12(13)14)8(15)6-11(16)18-2/h3-5,8,12H,6,15H2,1-2H3/t8-/m1/s1. The van der Waals surface area contributed by atoms with Crippen molar-refractivity contribution in [3.05, 3.63) is 23.8 Å². The summed E-state index contributed by atoms with van der Waals surface area (Å²) in [6.45, 7) is -2.97. The van der Waals surface area contributed by atoms with E-state index < -0.39 is 18.6 Å². The number of hydrogen-bond donors (Lipinski definition) is 1. The highest BCUT2D eigenvalue weighted by molar-refractivity contribution is 5.70. The fourth-order valence-electron chi connectivity index (χ4n) is 1.49. The zero-order valence-electron chi connectivity index (χ0n) is 10.6. The van der Waals surface area contributed by atoms with Crippen molar-refractivity contribution in [1.29, 1.82) is 0 Å². The molecule has 0 aliphatic carbocycles. The molecule has 2 N–H and O–H groups in total. The molecular formula is C12H15F2NO4. The van der Waals surface area contributed by atoms with Gasteiger partial charge in [0.15, 0.2) is 11.5 Å². The van der Waals surface area contributed by atoms with Crippen LogP contribution in [0.1, 0.15) is 18.0 Å². The van der Waals surface area contributed by atoms with E-state index in [0.717, 1.165) is 0 Å². The van der Waals surface area contributed by atoms with Gasteiger partial charge in [-0.25, -0.2) is 0 Å². The van der Waals surface area contributed by atoms with Gasteiger partial charge >= 0.3 is 12.6 Å². The lowest BCUT2D eigenvalue weighted by Crippen LogP contribution is -2.16. The van der Waals surface area contributed by atoms with E-state index in [1.54, 1.807) is 6.07 Å². The minimum atomic E-state index is -2.97. The van der Waals surface area contributed by atoms with Gasteiger partial charge in [-0.3, -0.25) is 4.79 Å². The number of nitrogens with two attached hydrogens (primary N) is 1. The minimum Gasteiger partial charge on any atom is -0.493 e. The highest BCUT2D eigenvalue weighted by Crippen LogP contribution is 2.31. The van der Waals surface area contributed by atoms with Crippen LogP contribution in [-0.2, 0) is 9.53 Å². The quantitative estimate of drug-likeness (QED) is 0.802. The lowest BCUT2D eigenvalue weighted by Gasteiger charge is -2.15. The summed E-state index contributed by atoms with van der Waals surface area (Å²) in [4.78, 5) is 11.1. The van der Waals surface area contributed by atoms with E-state index in [4.69, 9.17) is 10.5 Å². The van der Waals surface area contributed by atoms with Crippen LogP contribution >= 0.6 is 0 Å². The molecule has 5 nitrogen and oxygen atoms in total. The Bertz CT molecular complexity index is 440. The SMILES string of the molecule is COC(=O)C[C@@H](N)c1ccc(OC)c(OC(F)F)c1. The van der Waals surface area contributed by atoms with Crippen LogP contribution in [0.15, 0.2) is 18.2 Å². The van der Waals surface area contributed by atoms with Gasteiger partial charge in [-0.2, -0.15) is 8.78 Å². The molecule has 0 saturated heterocycles. The Morgan fingerprint density at radius 1 is 1.32 bits per heavy atom. The van der Waals surface area contributed by atoms with Crippen LogP contribution < -0.4 is 15.2 Å². The van der Waals surface area contributed by atoms with Crippen LogP contribution in [0.25, 0.3) is 0 Å². The van der Waals surface area contributed by atoms with Crippen molar-refractivity contribution in [2.45, 2.75) is 19.1 Å². The molecule has 0 unspecified atom stereocenters. The van der Waals surface area contributed by atoms with E-state index in [0.29, 0.717) is 5.56 Å². The predicted molar refractivity (Wildman–Crippen MR) is 63.2 cm³/mol. The molecule has 0 aliphatic rings. The second-order valence-electron chi connectivity index (χ2n) is 3.68. The van der Waals surface area contributed by atoms with Crippen LogP contribution in [0.3, 0.4) is 0 Å². The number of hydrogen-bond acceptors (Lipinski definition) is 5. The topological polar surface area (TPSA) is 70.8 Å². The maximum absolute atomic E-state index is 12.3. The predicted octanol–water partition coefficient (Wildman–Crippen LogP) is 1.86. The average molecular weight is 275 g/mol. The van der Waals surface area contributed by atoms with E-state index in [1.165, 1.54) is 26.4 Å². The zero-order valence-corrected chi connectivity index (χ0v) is 10.6. The van der Waals surface area contributed by atoms with Gasteiger partial charge < -0.3 is 19.9 Å². The number of benzene rings is 1. The Hall–Kier alpha value is -1.89. The smallest absolute Gasteiger partial charge is 0.387 e. The zero-order chi connectivity index (χ0) is 14.4. The van der Waals surface area contributed by atoms with Crippen molar-refractivity contribution in [2.24, 2.45) is 5.73 Å². The third kappa shape index (κ3) is 4.36. The van der Waals surface area contributed by atoms with Crippen molar-refractivity contribution in [1.82, 2.24) is 0 Å². The van der Waals surface area contributed by atoms with Gasteiger partial charge in [0.05, 0.1) is 20.6 Å².